The largest absolute Gasteiger partial charge is 0.480 e. The summed E-state index contributed by atoms with van der Waals surface area (Å²) in [7, 11) is 1.50. The Morgan fingerprint density at radius 2 is 2.06 bits per heavy atom. The molecule has 6 heteroatoms. The van der Waals surface area contributed by atoms with Crippen molar-refractivity contribution >= 4 is 17.6 Å². The van der Waals surface area contributed by atoms with Gasteiger partial charge in [-0.15, -0.1) is 0 Å². The number of ether oxygens (including phenoxy) is 1. The van der Waals surface area contributed by atoms with Crippen LogP contribution in [-0.2, 0) is 14.3 Å². The molecular weight excluding hydrogens is 236 g/mol. The van der Waals surface area contributed by atoms with Gasteiger partial charge in [-0.25, -0.2) is 4.79 Å². The lowest BCUT2D eigenvalue weighted by molar-refractivity contribution is -0.143. The molecule has 1 rings (SSSR count). The number of hydrogen-bond donors (Lipinski definition) is 1. The molecule has 0 aromatic heterocycles. The third-order valence-electron chi connectivity index (χ3n) is 2.21. The average Bonchev–Trinajstić information content (AvgIpc) is 2.37. The Hall–Kier alpha value is -2.39. The van der Waals surface area contributed by atoms with Gasteiger partial charge in [-0.2, -0.15) is 5.26 Å². The molecule has 0 saturated carbocycles. The van der Waals surface area contributed by atoms with Crippen LogP contribution >= 0.6 is 0 Å². The molecule has 18 heavy (non-hydrogen) atoms. The van der Waals surface area contributed by atoms with E-state index >= 15 is 0 Å². The molecule has 1 N–H and O–H groups in total. The van der Waals surface area contributed by atoms with Crippen molar-refractivity contribution in [2.24, 2.45) is 0 Å². The maximum absolute atomic E-state index is 11.7. The Balaban J connectivity index is 2.69. The van der Waals surface area contributed by atoms with Crippen LogP contribution in [0.15, 0.2) is 24.3 Å². The van der Waals surface area contributed by atoms with Gasteiger partial charge < -0.3 is 14.7 Å². The van der Waals surface area contributed by atoms with Crippen molar-refractivity contribution in [1.82, 2.24) is 0 Å². The van der Waals surface area contributed by atoms with Crippen molar-refractivity contribution in [3.63, 3.8) is 0 Å². The molecule has 0 spiro atoms. The predicted octanol–water partition coefficient (Wildman–Crippen LogP) is 0.622. The SMILES string of the molecule is CN(C(=O)COCC(=O)O)c1ccccc1C#N. The third kappa shape index (κ3) is 3.57. The van der Waals surface area contributed by atoms with E-state index in [4.69, 9.17) is 15.1 Å². The minimum absolute atomic E-state index is 0.345. The highest BCUT2D eigenvalue weighted by molar-refractivity contribution is 5.95. The standard InChI is InChI=1S/C12H12N2O4/c1-14(11(15)7-18-8-12(16)17)10-5-3-2-4-9(10)6-13/h2-5H,7-8H2,1H3,(H,16,17). The summed E-state index contributed by atoms with van der Waals surface area (Å²) in [4.78, 5) is 23.2. The molecule has 0 aliphatic carbocycles. The number of carboxylic acids is 1. The Labute approximate surface area is 104 Å². The first-order valence-corrected chi connectivity index (χ1v) is 5.11. The van der Waals surface area contributed by atoms with Gasteiger partial charge in [0.15, 0.2) is 0 Å². The molecule has 1 amide bonds. The lowest BCUT2D eigenvalue weighted by Crippen LogP contribution is -2.31. The van der Waals surface area contributed by atoms with Crippen LogP contribution in [0.25, 0.3) is 0 Å². The van der Waals surface area contributed by atoms with Crippen molar-refractivity contribution in [2.45, 2.75) is 0 Å². The van der Waals surface area contributed by atoms with Gasteiger partial charge in [-0.05, 0) is 12.1 Å². The molecule has 0 unspecified atom stereocenters. The lowest BCUT2D eigenvalue weighted by atomic mass is 10.2. The molecule has 0 atom stereocenters. The number of para-hydroxylation sites is 1. The van der Waals surface area contributed by atoms with E-state index in [1.54, 1.807) is 24.3 Å². The van der Waals surface area contributed by atoms with Gasteiger partial charge in [0.05, 0.1) is 11.3 Å². The smallest absolute Gasteiger partial charge is 0.329 e. The van der Waals surface area contributed by atoms with Crippen molar-refractivity contribution in [3.8, 4) is 6.07 Å². The number of carboxylic acid groups (broad SMARTS) is 1. The van der Waals surface area contributed by atoms with Crippen LogP contribution in [0, 0.1) is 11.3 Å². The quantitative estimate of drug-likeness (QED) is 0.824. The highest BCUT2D eigenvalue weighted by atomic mass is 16.5. The van der Waals surface area contributed by atoms with E-state index in [2.05, 4.69) is 0 Å². The van der Waals surface area contributed by atoms with Crippen molar-refractivity contribution < 1.29 is 19.4 Å². The zero-order valence-corrected chi connectivity index (χ0v) is 9.79. The number of amides is 1. The second kappa shape index (κ2) is 6.37. The van der Waals surface area contributed by atoms with E-state index in [0.717, 1.165) is 0 Å². The van der Waals surface area contributed by atoms with E-state index in [1.807, 2.05) is 6.07 Å². The fraction of sp³-hybridized carbons (Fsp3) is 0.250. The Morgan fingerprint density at radius 1 is 1.39 bits per heavy atom. The highest BCUT2D eigenvalue weighted by Gasteiger charge is 2.14. The number of benzene rings is 1. The molecule has 0 fully saturated rings. The second-order valence-electron chi connectivity index (χ2n) is 3.47. The zero-order valence-electron chi connectivity index (χ0n) is 9.79. The van der Waals surface area contributed by atoms with Gasteiger partial charge in [0.1, 0.15) is 19.3 Å². The first-order valence-electron chi connectivity index (χ1n) is 5.11. The summed E-state index contributed by atoms with van der Waals surface area (Å²) in [6.45, 7) is -0.873. The maximum atomic E-state index is 11.7. The number of carbonyl (C=O) groups excluding carboxylic acids is 1. The topological polar surface area (TPSA) is 90.6 Å². The minimum Gasteiger partial charge on any atom is -0.480 e. The van der Waals surface area contributed by atoms with Gasteiger partial charge in [0.25, 0.3) is 5.91 Å². The minimum atomic E-state index is -1.14. The summed E-state index contributed by atoms with van der Waals surface area (Å²) in [6.07, 6.45) is 0. The summed E-state index contributed by atoms with van der Waals surface area (Å²) in [5.41, 5.74) is 0.829. The number of hydrogen-bond acceptors (Lipinski definition) is 4. The predicted molar refractivity (Wildman–Crippen MR) is 63.0 cm³/mol. The van der Waals surface area contributed by atoms with E-state index in [-0.39, 0.29) is 6.61 Å². The maximum Gasteiger partial charge on any atom is 0.329 e. The van der Waals surface area contributed by atoms with Gasteiger partial charge in [0, 0.05) is 7.05 Å². The molecular formula is C12H12N2O4. The van der Waals surface area contributed by atoms with E-state index in [0.29, 0.717) is 11.3 Å². The van der Waals surface area contributed by atoms with Crippen LogP contribution in [0.3, 0.4) is 0 Å². The van der Waals surface area contributed by atoms with Crippen molar-refractivity contribution in [1.29, 1.82) is 5.26 Å². The summed E-state index contributed by atoms with van der Waals surface area (Å²) in [5.74, 6) is -1.55. The number of nitrogens with zero attached hydrogens (tertiary/aromatic N) is 2. The van der Waals surface area contributed by atoms with E-state index in [1.165, 1.54) is 11.9 Å². The molecule has 0 aliphatic rings. The number of carbonyl (C=O) groups is 2. The number of likely N-dealkylation sites (N-methyl/N-ethyl adjacent to an activating group) is 1. The van der Waals surface area contributed by atoms with E-state index in [9.17, 15) is 9.59 Å². The van der Waals surface area contributed by atoms with Crippen LogP contribution in [0.4, 0.5) is 5.69 Å². The molecule has 1 aromatic rings. The normalized spacial score (nSPS) is 9.56. The average molecular weight is 248 g/mol. The first kappa shape index (κ1) is 13.7. The van der Waals surface area contributed by atoms with Crippen molar-refractivity contribution in [3.05, 3.63) is 29.8 Å². The zero-order chi connectivity index (χ0) is 13.5. The summed E-state index contributed by atoms with van der Waals surface area (Å²) in [6, 6.07) is 8.61. The lowest BCUT2D eigenvalue weighted by Gasteiger charge is -2.18. The number of rotatable bonds is 5. The molecule has 0 radical (unpaired) electrons. The van der Waals surface area contributed by atoms with Crippen LogP contribution in [0.1, 0.15) is 5.56 Å². The van der Waals surface area contributed by atoms with Crippen LogP contribution in [0.2, 0.25) is 0 Å². The van der Waals surface area contributed by atoms with Crippen LogP contribution in [-0.4, -0.2) is 37.2 Å². The molecule has 94 valence electrons. The van der Waals surface area contributed by atoms with Crippen LogP contribution < -0.4 is 4.90 Å². The number of nitriles is 1. The number of anilines is 1. The van der Waals surface area contributed by atoms with Gasteiger partial charge in [0.2, 0.25) is 0 Å². The third-order valence-corrected chi connectivity index (χ3v) is 2.21. The van der Waals surface area contributed by atoms with Gasteiger partial charge >= 0.3 is 5.97 Å². The molecule has 0 bridgehead atoms. The Morgan fingerprint density at radius 3 is 2.67 bits per heavy atom. The summed E-state index contributed by atoms with van der Waals surface area (Å²) >= 11 is 0. The Kier molecular flexibility index (Phi) is 4.84. The molecule has 1 aromatic carbocycles. The van der Waals surface area contributed by atoms with Crippen LogP contribution in [0.5, 0.6) is 0 Å². The van der Waals surface area contributed by atoms with Gasteiger partial charge in [-0.1, -0.05) is 12.1 Å². The Bertz CT molecular complexity index is 493. The van der Waals surface area contributed by atoms with Crippen molar-refractivity contribution in [2.75, 3.05) is 25.2 Å². The first-order chi connectivity index (χ1) is 8.56. The fourth-order valence-corrected chi connectivity index (χ4v) is 1.32. The fourth-order valence-electron chi connectivity index (χ4n) is 1.32. The summed E-state index contributed by atoms with van der Waals surface area (Å²) < 4.78 is 4.70. The molecule has 6 nitrogen and oxygen atoms in total. The monoisotopic (exact) mass is 248 g/mol. The summed E-state index contributed by atoms with van der Waals surface area (Å²) in [5, 5.41) is 17.3. The molecule has 0 saturated heterocycles. The van der Waals surface area contributed by atoms with Gasteiger partial charge in [-0.3, -0.25) is 4.79 Å². The highest BCUT2D eigenvalue weighted by Crippen LogP contribution is 2.17. The molecule has 0 aliphatic heterocycles. The van der Waals surface area contributed by atoms with E-state index < -0.39 is 18.5 Å². The molecule has 0 heterocycles. The number of aliphatic carboxylic acids is 1. The second-order valence-corrected chi connectivity index (χ2v) is 3.47.